The predicted octanol–water partition coefficient (Wildman–Crippen LogP) is 1.34. The van der Waals surface area contributed by atoms with Gasteiger partial charge in [-0.05, 0) is 12.1 Å². The highest BCUT2D eigenvalue weighted by Crippen LogP contribution is 2.24. The fourth-order valence-corrected chi connectivity index (χ4v) is 3.09. The van der Waals surface area contributed by atoms with Gasteiger partial charge in [-0.15, -0.1) is 0 Å². The van der Waals surface area contributed by atoms with Crippen LogP contribution in [0, 0.1) is 5.82 Å². The number of ether oxygens (including phenoxy) is 1. The van der Waals surface area contributed by atoms with E-state index in [4.69, 9.17) is 4.74 Å². The summed E-state index contributed by atoms with van der Waals surface area (Å²) in [4.78, 5) is 4.53. The second-order valence-electron chi connectivity index (χ2n) is 6.20. The van der Waals surface area contributed by atoms with Crippen LogP contribution in [0.3, 0.4) is 0 Å². The van der Waals surface area contributed by atoms with Gasteiger partial charge >= 0.3 is 0 Å². The van der Waals surface area contributed by atoms with E-state index in [2.05, 4.69) is 20.0 Å². The van der Waals surface area contributed by atoms with Crippen LogP contribution >= 0.6 is 0 Å². The molecule has 1 aromatic carbocycles. The lowest BCUT2D eigenvalue weighted by Gasteiger charge is -2.29. The van der Waals surface area contributed by atoms with Crippen molar-refractivity contribution >= 4 is 0 Å². The van der Waals surface area contributed by atoms with Crippen LogP contribution in [0.2, 0.25) is 0 Å². The van der Waals surface area contributed by atoms with Crippen LogP contribution in [0.1, 0.15) is 5.56 Å². The summed E-state index contributed by atoms with van der Waals surface area (Å²) in [5.74, 6) is -0.268. The molecule has 3 rings (SSSR count). The Balaban J connectivity index is 1.66. The molecule has 0 bridgehead atoms. The average Bonchev–Trinajstić information content (AvgIpc) is 3.09. The van der Waals surface area contributed by atoms with Gasteiger partial charge in [0.25, 0.3) is 0 Å². The summed E-state index contributed by atoms with van der Waals surface area (Å²) in [6, 6.07) is 6.68. The van der Waals surface area contributed by atoms with E-state index in [9.17, 15) is 9.50 Å². The zero-order chi connectivity index (χ0) is 17.5. The number of nitrogens with one attached hydrogen (secondary N) is 1. The number of halogens is 1. The monoisotopic (exact) mass is 348 g/mol. The molecule has 2 aromatic rings. The van der Waals surface area contributed by atoms with Crippen molar-refractivity contribution in [3.8, 4) is 11.3 Å². The van der Waals surface area contributed by atoms with E-state index in [0.717, 1.165) is 45.0 Å². The minimum atomic E-state index is -0.268. The van der Waals surface area contributed by atoms with E-state index < -0.39 is 0 Å². The van der Waals surface area contributed by atoms with Crippen LogP contribution in [-0.4, -0.2) is 77.6 Å². The number of benzene rings is 1. The van der Waals surface area contributed by atoms with Gasteiger partial charge in [0, 0.05) is 50.4 Å². The summed E-state index contributed by atoms with van der Waals surface area (Å²) in [7, 11) is 0. The highest BCUT2D eigenvalue weighted by molar-refractivity contribution is 5.63. The smallest absolute Gasteiger partial charge is 0.132 e. The summed E-state index contributed by atoms with van der Waals surface area (Å²) in [6.07, 6.45) is 1.74. The molecular formula is C18H25FN4O2. The molecule has 0 unspecified atom stereocenters. The first-order valence-corrected chi connectivity index (χ1v) is 8.68. The molecular weight excluding hydrogens is 323 g/mol. The van der Waals surface area contributed by atoms with Gasteiger partial charge in [0.2, 0.25) is 0 Å². The molecule has 136 valence electrons. The van der Waals surface area contributed by atoms with Gasteiger partial charge in [-0.25, -0.2) is 4.39 Å². The van der Waals surface area contributed by atoms with E-state index in [1.165, 1.54) is 6.07 Å². The molecule has 0 saturated carbocycles. The maximum absolute atomic E-state index is 14.1. The number of aliphatic hydroxyl groups is 1. The SMILES string of the molecule is OCCN(CCN1CCOCC1)Cc1cn[nH]c1-c1ccccc1F. The number of hydrogen-bond donors (Lipinski definition) is 2. The molecule has 0 aliphatic carbocycles. The van der Waals surface area contributed by atoms with E-state index >= 15 is 0 Å². The third-order valence-electron chi connectivity index (χ3n) is 4.51. The van der Waals surface area contributed by atoms with Gasteiger partial charge < -0.3 is 9.84 Å². The number of aromatic amines is 1. The molecule has 1 saturated heterocycles. The van der Waals surface area contributed by atoms with Crippen molar-refractivity contribution in [2.24, 2.45) is 0 Å². The Kier molecular flexibility index (Phi) is 6.52. The molecule has 0 atom stereocenters. The highest BCUT2D eigenvalue weighted by atomic mass is 19.1. The molecule has 1 aliphatic rings. The molecule has 2 heterocycles. The predicted molar refractivity (Wildman–Crippen MR) is 93.6 cm³/mol. The third kappa shape index (κ3) is 4.85. The van der Waals surface area contributed by atoms with Crippen LogP contribution in [-0.2, 0) is 11.3 Å². The summed E-state index contributed by atoms with van der Waals surface area (Å²) in [5, 5.41) is 16.4. The largest absolute Gasteiger partial charge is 0.395 e. The third-order valence-corrected chi connectivity index (χ3v) is 4.51. The van der Waals surface area contributed by atoms with E-state index in [1.54, 1.807) is 18.3 Å². The topological polar surface area (TPSA) is 64.6 Å². The Hall–Kier alpha value is -1.80. The van der Waals surface area contributed by atoms with Crippen LogP contribution in [0.5, 0.6) is 0 Å². The number of aromatic nitrogens is 2. The molecule has 0 radical (unpaired) electrons. The second-order valence-corrected chi connectivity index (χ2v) is 6.20. The first-order valence-electron chi connectivity index (χ1n) is 8.68. The molecule has 1 aromatic heterocycles. The quantitative estimate of drug-likeness (QED) is 0.754. The first-order chi connectivity index (χ1) is 12.3. The van der Waals surface area contributed by atoms with Crippen LogP contribution < -0.4 is 0 Å². The summed E-state index contributed by atoms with van der Waals surface area (Å²) < 4.78 is 19.5. The van der Waals surface area contributed by atoms with Gasteiger partial charge in [0.1, 0.15) is 5.82 Å². The van der Waals surface area contributed by atoms with Gasteiger partial charge in [-0.2, -0.15) is 5.10 Å². The Morgan fingerprint density at radius 1 is 1.24 bits per heavy atom. The summed E-state index contributed by atoms with van der Waals surface area (Å²) >= 11 is 0. The van der Waals surface area contributed by atoms with Crippen molar-refractivity contribution in [1.82, 2.24) is 20.0 Å². The van der Waals surface area contributed by atoms with Crippen molar-refractivity contribution < 1.29 is 14.2 Å². The zero-order valence-corrected chi connectivity index (χ0v) is 14.3. The van der Waals surface area contributed by atoms with Crippen molar-refractivity contribution in [2.75, 3.05) is 52.5 Å². The average molecular weight is 348 g/mol. The fourth-order valence-electron chi connectivity index (χ4n) is 3.09. The van der Waals surface area contributed by atoms with E-state index in [-0.39, 0.29) is 12.4 Å². The summed E-state index contributed by atoms with van der Waals surface area (Å²) in [5.41, 5.74) is 2.15. The molecule has 1 aliphatic heterocycles. The van der Waals surface area contributed by atoms with Gasteiger partial charge in [-0.1, -0.05) is 12.1 Å². The molecule has 7 heteroatoms. The Labute approximate surface area is 147 Å². The van der Waals surface area contributed by atoms with Crippen molar-refractivity contribution in [1.29, 1.82) is 0 Å². The zero-order valence-electron chi connectivity index (χ0n) is 14.3. The maximum atomic E-state index is 14.1. The van der Waals surface area contributed by atoms with Crippen LogP contribution in [0.25, 0.3) is 11.3 Å². The minimum absolute atomic E-state index is 0.0932. The lowest BCUT2D eigenvalue weighted by atomic mass is 10.1. The number of hydrogen-bond acceptors (Lipinski definition) is 5. The first kappa shape index (κ1) is 18.0. The number of morpholine rings is 1. The molecule has 1 fully saturated rings. The van der Waals surface area contributed by atoms with E-state index in [0.29, 0.717) is 24.3 Å². The lowest BCUT2D eigenvalue weighted by molar-refractivity contribution is 0.0320. The minimum Gasteiger partial charge on any atom is -0.395 e. The lowest BCUT2D eigenvalue weighted by Crippen LogP contribution is -2.41. The van der Waals surface area contributed by atoms with Gasteiger partial charge in [0.05, 0.1) is 31.7 Å². The van der Waals surface area contributed by atoms with Gasteiger partial charge in [0.15, 0.2) is 0 Å². The number of rotatable bonds is 8. The normalized spacial score (nSPS) is 15.8. The van der Waals surface area contributed by atoms with E-state index in [1.807, 2.05) is 6.07 Å². The molecule has 25 heavy (non-hydrogen) atoms. The maximum Gasteiger partial charge on any atom is 0.132 e. The van der Waals surface area contributed by atoms with Crippen LogP contribution in [0.4, 0.5) is 4.39 Å². The Morgan fingerprint density at radius 2 is 2.04 bits per heavy atom. The van der Waals surface area contributed by atoms with Gasteiger partial charge in [-0.3, -0.25) is 14.9 Å². The Morgan fingerprint density at radius 3 is 2.80 bits per heavy atom. The Bertz CT molecular complexity index is 658. The van der Waals surface area contributed by atoms with Crippen molar-refractivity contribution in [3.05, 3.63) is 41.8 Å². The molecule has 6 nitrogen and oxygen atoms in total. The fraction of sp³-hybridized carbons (Fsp3) is 0.500. The number of aliphatic hydroxyl groups excluding tert-OH is 1. The highest BCUT2D eigenvalue weighted by Gasteiger charge is 2.16. The standard InChI is InChI=1S/C18H25FN4O2/c19-17-4-2-1-3-16(17)18-15(13-20-21-18)14-23(7-10-24)6-5-22-8-11-25-12-9-22/h1-4,13,24H,5-12,14H2,(H,20,21). The van der Waals surface area contributed by atoms with Crippen molar-refractivity contribution in [3.63, 3.8) is 0 Å². The van der Waals surface area contributed by atoms with Crippen LogP contribution in [0.15, 0.2) is 30.5 Å². The molecule has 0 spiro atoms. The number of nitrogens with zero attached hydrogens (tertiary/aromatic N) is 3. The molecule has 0 amide bonds. The summed E-state index contributed by atoms with van der Waals surface area (Å²) in [6.45, 7) is 6.49. The molecule has 2 N–H and O–H groups in total. The number of H-pyrrole nitrogens is 1. The second kappa shape index (κ2) is 9.05. The van der Waals surface area contributed by atoms with Crippen molar-refractivity contribution in [2.45, 2.75) is 6.54 Å².